The lowest BCUT2D eigenvalue weighted by Crippen LogP contribution is -2.47. The number of likely N-dealkylation sites (N-methyl/N-ethyl adjacent to an activating group) is 1. The van der Waals surface area contributed by atoms with Gasteiger partial charge >= 0.3 is 12.0 Å². The third-order valence-electron chi connectivity index (χ3n) is 3.15. The molecule has 6 heteroatoms. The van der Waals surface area contributed by atoms with E-state index >= 15 is 0 Å². The maximum absolute atomic E-state index is 12.1. The van der Waals surface area contributed by atoms with Gasteiger partial charge in [0.1, 0.15) is 6.04 Å². The number of halogens is 1. The Hall–Kier alpha value is -1.56. The second-order valence-electron chi connectivity index (χ2n) is 4.60. The van der Waals surface area contributed by atoms with Crippen LogP contribution in [0.25, 0.3) is 0 Å². The molecule has 0 bridgehead atoms. The second-order valence-corrected chi connectivity index (χ2v) is 5.52. The first-order valence-electron chi connectivity index (χ1n) is 6.38. The molecule has 1 aromatic rings. The van der Waals surface area contributed by atoms with Crippen molar-refractivity contribution in [3.05, 3.63) is 34.3 Å². The molecule has 20 heavy (non-hydrogen) atoms. The summed E-state index contributed by atoms with van der Waals surface area (Å²) in [4.78, 5) is 24.3. The second kappa shape index (κ2) is 7.28. The number of rotatable bonds is 5. The van der Waals surface area contributed by atoms with E-state index in [2.05, 4.69) is 21.2 Å². The van der Waals surface area contributed by atoms with Crippen molar-refractivity contribution < 1.29 is 14.7 Å². The molecule has 110 valence electrons. The Balaban J connectivity index is 2.72. The van der Waals surface area contributed by atoms with Crippen molar-refractivity contribution in [3.63, 3.8) is 0 Å². The van der Waals surface area contributed by atoms with Crippen LogP contribution in [0.1, 0.15) is 31.9 Å². The summed E-state index contributed by atoms with van der Waals surface area (Å²) < 4.78 is 0.932. The van der Waals surface area contributed by atoms with Crippen molar-refractivity contribution in [1.82, 2.24) is 10.2 Å². The maximum Gasteiger partial charge on any atom is 0.326 e. The quantitative estimate of drug-likeness (QED) is 0.863. The fourth-order valence-electron chi connectivity index (χ4n) is 1.90. The summed E-state index contributed by atoms with van der Waals surface area (Å²) in [6, 6.07) is 6.20. The summed E-state index contributed by atoms with van der Waals surface area (Å²) in [6.45, 7) is 3.59. The number of carbonyl (C=O) groups is 2. The lowest BCUT2D eigenvalue weighted by atomic mass is 10.1. The zero-order chi connectivity index (χ0) is 15.3. The van der Waals surface area contributed by atoms with Gasteiger partial charge in [0.25, 0.3) is 0 Å². The molecule has 2 N–H and O–H groups in total. The number of amides is 2. The Kier molecular flexibility index (Phi) is 6.01. The van der Waals surface area contributed by atoms with Crippen molar-refractivity contribution in [2.75, 3.05) is 7.05 Å². The van der Waals surface area contributed by atoms with Gasteiger partial charge in [-0.3, -0.25) is 0 Å². The number of nitrogens with one attached hydrogen (secondary N) is 1. The number of carbonyl (C=O) groups excluding carboxylic acids is 1. The number of carboxylic acids is 1. The van der Waals surface area contributed by atoms with Crippen molar-refractivity contribution >= 4 is 27.9 Å². The fraction of sp³-hybridized carbons (Fsp3) is 0.429. The van der Waals surface area contributed by atoms with Crippen molar-refractivity contribution in [3.8, 4) is 0 Å². The molecular formula is C14H19BrN2O3. The highest BCUT2D eigenvalue weighted by Crippen LogP contribution is 2.18. The summed E-state index contributed by atoms with van der Waals surface area (Å²) in [6.07, 6.45) is 0.366. The molecule has 0 spiro atoms. The van der Waals surface area contributed by atoms with E-state index in [9.17, 15) is 9.59 Å². The Bertz CT molecular complexity index is 493. The molecule has 5 nitrogen and oxygen atoms in total. The number of aliphatic carboxylic acids is 1. The molecule has 0 aromatic heterocycles. The van der Waals surface area contributed by atoms with Gasteiger partial charge in [0.15, 0.2) is 0 Å². The largest absolute Gasteiger partial charge is 0.480 e. The minimum Gasteiger partial charge on any atom is -0.480 e. The van der Waals surface area contributed by atoms with Gasteiger partial charge in [0, 0.05) is 11.5 Å². The highest BCUT2D eigenvalue weighted by Gasteiger charge is 2.25. The Morgan fingerprint density at radius 1 is 1.45 bits per heavy atom. The summed E-state index contributed by atoms with van der Waals surface area (Å²) in [5.74, 6) is -1.000. The van der Waals surface area contributed by atoms with E-state index in [0.29, 0.717) is 6.42 Å². The molecule has 1 rings (SSSR count). The first-order valence-corrected chi connectivity index (χ1v) is 7.17. The van der Waals surface area contributed by atoms with Crippen LogP contribution in [0.3, 0.4) is 0 Å². The van der Waals surface area contributed by atoms with E-state index in [1.54, 1.807) is 6.92 Å². The van der Waals surface area contributed by atoms with Gasteiger partial charge in [-0.15, -0.1) is 0 Å². The number of benzene rings is 1. The highest BCUT2D eigenvalue weighted by molar-refractivity contribution is 9.10. The van der Waals surface area contributed by atoms with Crippen LogP contribution < -0.4 is 5.32 Å². The third kappa shape index (κ3) is 4.23. The SMILES string of the molecule is CCC(C(=O)O)N(C)C(=O)NC(C)c1cccc(Br)c1. The zero-order valence-corrected chi connectivity index (χ0v) is 13.3. The topological polar surface area (TPSA) is 69.6 Å². The van der Waals surface area contributed by atoms with E-state index in [1.165, 1.54) is 11.9 Å². The van der Waals surface area contributed by atoms with Gasteiger partial charge in [-0.25, -0.2) is 9.59 Å². The number of hydrogen-bond donors (Lipinski definition) is 2. The predicted molar refractivity (Wildman–Crippen MR) is 80.6 cm³/mol. The average Bonchev–Trinajstić information content (AvgIpc) is 2.38. The first-order chi connectivity index (χ1) is 9.36. The van der Waals surface area contributed by atoms with Crippen LogP contribution in [0.2, 0.25) is 0 Å². The van der Waals surface area contributed by atoms with Crippen LogP contribution in [-0.2, 0) is 4.79 Å². The maximum atomic E-state index is 12.1. The van der Waals surface area contributed by atoms with E-state index in [4.69, 9.17) is 5.11 Å². The highest BCUT2D eigenvalue weighted by atomic mass is 79.9. The molecule has 1 aromatic carbocycles. The third-order valence-corrected chi connectivity index (χ3v) is 3.64. The molecule has 2 amide bonds. The summed E-state index contributed by atoms with van der Waals surface area (Å²) in [5.41, 5.74) is 0.949. The lowest BCUT2D eigenvalue weighted by molar-refractivity contribution is -0.141. The Morgan fingerprint density at radius 2 is 2.10 bits per heavy atom. The van der Waals surface area contributed by atoms with E-state index in [-0.39, 0.29) is 6.04 Å². The molecule has 0 saturated carbocycles. The van der Waals surface area contributed by atoms with E-state index in [0.717, 1.165) is 10.0 Å². The average molecular weight is 343 g/mol. The summed E-state index contributed by atoms with van der Waals surface area (Å²) >= 11 is 3.38. The van der Waals surface area contributed by atoms with E-state index in [1.807, 2.05) is 31.2 Å². The molecular weight excluding hydrogens is 324 g/mol. The predicted octanol–water partition coefficient (Wildman–Crippen LogP) is 3.01. The van der Waals surface area contributed by atoms with Crippen LogP contribution in [0.4, 0.5) is 4.79 Å². The van der Waals surface area contributed by atoms with Gasteiger partial charge in [0.2, 0.25) is 0 Å². The summed E-state index contributed by atoms with van der Waals surface area (Å²) in [5, 5.41) is 11.8. The van der Waals surface area contributed by atoms with Crippen LogP contribution in [0.15, 0.2) is 28.7 Å². The molecule has 0 aliphatic heterocycles. The standard InChI is InChI=1S/C14H19BrN2O3/c1-4-12(13(18)19)17(3)14(20)16-9(2)10-6-5-7-11(15)8-10/h5-9,12H,4H2,1-3H3,(H,16,20)(H,18,19). The number of hydrogen-bond acceptors (Lipinski definition) is 2. The van der Waals surface area contributed by atoms with E-state index < -0.39 is 18.0 Å². The molecule has 0 heterocycles. The normalized spacial score (nSPS) is 13.4. The van der Waals surface area contributed by atoms with Crippen LogP contribution in [0.5, 0.6) is 0 Å². The minimum absolute atomic E-state index is 0.200. The number of carboxylic acid groups (broad SMARTS) is 1. The van der Waals surface area contributed by atoms with Crippen LogP contribution in [0, 0.1) is 0 Å². The van der Waals surface area contributed by atoms with Gasteiger partial charge < -0.3 is 15.3 Å². The van der Waals surface area contributed by atoms with Crippen molar-refractivity contribution in [2.24, 2.45) is 0 Å². The summed E-state index contributed by atoms with van der Waals surface area (Å²) in [7, 11) is 1.49. The van der Waals surface area contributed by atoms with Crippen molar-refractivity contribution in [1.29, 1.82) is 0 Å². The molecule has 2 atom stereocenters. The fourth-order valence-corrected chi connectivity index (χ4v) is 2.32. The molecule has 0 fully saturated rings. The molecule has 0 saturated heterocycles. The lowest BCUT2D eigenvalue weighted by Gasteiger charge is -2.26. The smallest absolute Gasteiger partial charge is 0.326 e. The molecule has 0 aliphatic carbocycles. The van der Waals surface area contributed by atoms with Crippen molar-refractivity contribution in [2.45, 2.75) is 32.4 Å². The van der Waals surface area contributed by atoms with Gasteiger partial charge in [-0.1, -0.05) is 35.0 Å². The number of nitrogens with zero attached hydrogens (tertiary/aromatic N) is 1. The van der Waals surface area contributed by atoms with Gasteiger partial charge in [-0.05, 0) is 31.0 Å². The Morgan fingerprint density at radius 3 is 2.60 bits per heavy atom. The number of urea groups is 1. The van der Waals surface area contributed by atoms with Gasteiger partial charge in [0.05, 0.1) is 6.04 Å². The zero-order valence-electron chi connectivity index (χ0n) is 11.8. The molecule has 0 radical (unpaired) electrons. The molecule has 2 unspecified atom stereocenters. The Labute approximate surface area is 127 Å². The first kappa shape index (κ1) is 16.5. The van der Waals surface area contributed by atoms with Crippen LogP contribution in [-0.4, -0.2) is 35.1 Å². The monoisotopic (exact) mass is 342 g/mol. The van der Waals surface area contributed by atoms with Gasteiger partial charge in [-0.2, -0.15) is 0 Å². The van der Waals surface area contributed by atoms with Crippen LogP contribution >= 0.6 is 15.9 Å². The minimum atomic E-state index is -1.000. The molecule has 0 aliphatic rings.